The van der Waals surface area contributed by atoms with E-state index in [1.807, 2.05) is 0 Å². The Morgan fingerprint density at radius 3 is 2.69 bits per heavy atom. The molecule has 5 heteroatoms. The van der Waals surface area contributed by atoms with Gasteiger partial charge in [-0.25, -0.2) is 4.39 Å². The lowest BCUT2D eigenvalue weighted by Crippen LogP contribution is -2.02. The van der Waals surface area contributed by atoms with Gasteiger partial charge in [-0.2, -0.15) is 0 Å². The van der Waals surface area contributed by atoms with E-state index in [1.165, 1.54) is 6.07 Å². The molecule has 72 valence electrons. The van der Waals surface area contributed by atoms with Gasteiger partial charge in [0.1, 0.15) is 18.2 Å². The summed E-state index contributed by atoms with van der Waals surface area (Å²) in [6.45, 7) is 0.0507. The second kappa shape index (κ2) is 4.93. The third-order valence-electron chi connectivity index (χ3n) is 1.31. The molecule has 0 radical (unpaired) electrons. The maximum atomic E-state index is 13.0. The van der Waals surface area contributed by atoms with Crippen LogP contribution in [0.5, 0.6) is 5.75 Å². The summed E-state index contributed by atoms with van der Waals surface area (Å²) in [6.07, 6.45) is 0. The van der Waals surface area contributed by atoms with Crippen LogP contribution in [0, 0.1) is 5.82 Å². The predicted octanol–water partition coefficient (Wildman–Crippen LogP) is 2.72. The van der Waals surface area contributed by atoms with Crippen molar-refractivity contribution in [2.45, 2.75) is 0 Å². The molecule has 0 spiro atoms. The normalized spacial score (nSPS) is 10.2. The lowest BCUT2D eigenvalue weighted by Gasteiger charge is -2.07. The molecule has 0 saturated heterocycles. The molecule has 0 aromatic heterocycles. The van der Waals surface area contributed by atoms with Gasteiger partial charge in [0, 0.05) is 4.47 Å². The second-order valence-corrected chi connectivity index (χ2v) is 3.98. The Morgan fingerprint density at radius 1 is 1.38 bits per heavy atom. The Labute approximate surface area is 92.0 Å². The minimum atomic E-state index is -0.401. The zero-order valence-corrected chi connectivity index (χ0v) is 9.73. The molecule has 13 heavy (non-hydrogen) atoms. The van der Waals surface area contributed by atoms with E-state index in [2.05, 4.69) is 31.9 Å². The number of aliphatic hydroxyl groups excluding tert-OH is 1. The molecule has 1 aromatic carbocycles. The summed E-state index contributed by atoms with van der Waals surface area (Å²) in [5.41, 5.74) is 0. The van der Waals surface area contributed by atoms with Gasteiger partial charge in [-0.05, 0) is 28.1 Å². The van der Waals surface area contributed by atoms with Gasteiger partial charge in [0.05, 0.1) is 11.1 Å². The zero-order valence-electron chi connectivity index (χ0n) is 6.56. The number of halogens is 3. The van der Waals surface area contributed by atoms with Gasteiger partial charge in [-0.1, -0.05) is 15.9 Å². The lowest BCUT2D eigenvalue weighted by molar-refractivity contribution is 0.200. The topological polar surface area (TPSA) is 29.5 Å². The molecular weight excluding hydrogens is 307 g/mol. The Balaban J connectivity index is 2.92. The van der Waals surface area contributed by atoms with E-state index in [-0.39, 0.29) is 17.7 Å². The standard InChI is InChI=1S/C8H7Br2FO2/c9-5-3-6(11)8(10)7(4-5)13-2-1-12/h3-4,12H,1-2H2. The van der Waals surface area contributed by atoms with Crippen molar-refractivity contribution < 1.29 is 14.2 Å². The number of rotatable bonds is 3. The second-order valence-electron chi connectivity index (χ2n) is 2.27. The quantitative estimate of drug-likeness (QED) is 0.870. The van der Waals surface area contributed by atoms with Crippen molar-refractivity contribution in [1.29, 1.82) is 0 Å². The maximum Gasteiger partial charge on any atom is 0.142 e. The van der Waals surface area contributed by atoms with Gasteiger partial charge in [0.2, 0.25) is 0 Å². The van der Waals surface area contributed by atoms with Crippen molar-refractivity contribution >= 4 is 31.9 Å². The van der Waals surface area contributed by atoms with Crippen LogP contribution in [-0.2, 0) is 0 Å². The van der Waals surface area contributed by atoms with Crippen molar-refractivity contribution in [1.82, 2.24) is 0 Å². The fourth-order valence-electron chi connectivity index (χ4n) is 0.793. The first-order valence-corrected chi connectivity index (χ1v) is 5.12. The van der Waals surface area contributed by atoms with E-state index >= 15 is 0 Å². The van der Waals surface area contributed by atoms with Crippen molar-refractivity contribution in [2.24, 2.45) is 0 Å². The molecule has 1 N–H and O–H groups in total. The summed E-state index contributed by atoms with van der Waals surface area (Å²) in [5.74, 6) is -0.0248. The molecule has 0 amide bonds. The highest BCUT2D eigenvalue weighted by molar-refractivity contribution is 9.11. The Bertz CT molecular complexity index is 304. The van der Waals surface area contributed by atoms with Gasteiger partial charge < -0.3 is 9.84 Å². The van der Waals surface area contributed by atoms with Crippen LogP contribution in [0.25, 0.3) is 0 Å². The molecule has 1 rings (SSSR count). The molecule has 0 unspecified atom stereocenters. The van der Waals surface area contributed by atoms with Gasteiger partial charge >= 0.3 is 0 Å². The molecule has 1 aromatic rings. The van der Waals surface area contributed by atoms with E-state index in [9.17, 15) is 4.39 Å². The van der Waals surface area contributed by atoms with Crippen LogP contribution >= 0.6 is 31.9 Å². The van der Waals surface area contributed by atoms with Crippen molar-refractivity contribution in [3.05, 3.63) is 26.9 Å². The molecule has 2 nitrogen and oxygen atoms in total. The summed E-state index contributed by atoms with van der Waals surface area (Å²) in [6, 6.07) is 2.96. The van der Waals surface area contributed by atoms with Gasteiger partial charge in [-0.3, -0.25) is 0 Å². The average molecular weight is 314 g/mol. The van der Waals surface area contributed by atoms with Crippen LogP contribution < -0.4 is 4.74 Å². The van der Waals surface area contributed by atoms with Crippen LogP contribution in [0.4, 0.5) is 4.39 Å². The predicted molar refractivity (Wildman–Crippen MR) is 54.4 cm³/mol. The van der Waals surface area contributed by atoms with Gasteiger partial charge in [0.15, 0.2) is 0 Å². The zero-order chi connectivity index (χ0) is 9.84. The Hall–Kier alpha value is -0.130. The van der Waals surface area contributed by atoms with Gasteiger partial charge in [-0.15, -0.1) is 0 Å². The van der Waals surface area contributed by atoms with Crippen LogP contribution in [0.15, 0.2) is 21.1 Å². The number of ether oxygens (including phenoxy) is 1. The summed E-state index contributed by atoms with van der Waals surface area (Å²) >= 11 is 6.18. The molecule has 0 atom stereocenters. The number of benzene rings is 1. The minimum absolute atomic E-state index is 0.0967. The monoisotopic (exact) mass is 312 g/mol. The van der Waals surface area contributed by atoms with Crippen molar-refractivity contribution in [2.75, 3.05) is 13.2 Å². The van der Waals surface area contributed by atoms with Gasteiger partial charge in [0.25, 0.3) is 0 Å². The van der Waals surface area contributed by atoms with E-state index < -0.39 is 5.82 Å². The third kappa shape index (κ3) is 2.93. The van der Waals surface area contributed by atoms with E-state index in [0.29, 0.717) is 10.2 Å². The fourth-order valence-corrected chi connectivity index (χ4v) is 1.55. The average Bonchev–Trinajstić information content (AvgIpc) is 2.09. The molecule has 0 aliphatic heterocycles. The van der Waals surface area contributed by atoms with E-state index in [0.717, 1.165) is 0 Å². The van der Waals surface area contributed by atoms with Crippen LogP contribution in [0.1, 0.15) is 0 Å². The summed E-state index contributed by atoms with van der Waals surface area (Å²) in [4.78, 5) is 0. The fraction of sp³-hybridized carbons (Fsp3) is 0.250. The highest BCUT2D eigenvalue weighted by Gasteiger charge is 2.08. The minimum Gasteiger partial charge on any atom is -0.490 e. The summed E-state index contributed by atoms with van der Waals surface area (Å²) < 4.78 is 19.0. The maximum absolute atomic E-state index is 13.0. The van der Waals surface area contributed by atoms with E-state index in [1.54, 1.807) is 6.07 Å². The number of aliphatic hydroxyl groups is 1. The summed E-state index contributed by atoms with van der Waals surface area (Å²) in [5, 5.41) is 8.51. The molecule has 0 aliphatic rings. The van der Waals surface area contributed by atoms with Crippen LogP contribution in [0.3, 0.4) is 0 Å². The summed E-state index contributed by atoms with van der Waals surface area (Å²) in [7, 11) is 0. The first-order chi connectivity index (χ1) is 6.15. The smallest absolute Gasteiger partial charge is 0.142 e. The molecule has 0 fully saturated rings. The Kier molecular flexibility index (Phi) is 4.15. The SMILES string of the molecule is OCCOc1cc(Br)cc(F)c1Br. The first-order valence-electron chi connectivity index (χ1n) is 3.53. The van der Waals surface area contributed by atoms with Crippen molar-refractivity contribution in [3.8, 4) is 5.75 Å². The highest BCUT2D eigenvalue weighted by Crippen LogP contribution is 2.31. The van der Waals surface area contributed by atoms with Crippen LogP contribution in [-0.4, -0.2) is 18.3 Å². The van der Waals surface area contributed by atoms with Crippen LogP contribution in [0.2, 0.25) is 0 Å². The number of hydrogen-bond acceptors (Lipinski definition) is 2. The molecule has 0 saturated carbocycles. The Morgan fingerprint density at radius 2 is 2.08 bits per heavy atom. The van der Waals surface area contributed by atoms with E-state index in [4.69, 9.17) is 9.84 Å². The highest BCUT2D eigenvalue weighted by atomic mass is 79.9. The largest absolute Gasteiger partial charge is 0.490 e. The van der Waals surface area contributed by atoms with Crippen molar-refractivity contribution in [3.63, 3.8) is 0 Å². The molecule has 0 aliphatic carbocycles. The first kappa shape index (κ1) is 10.9. The molecule has 0 bridgehead atoms. The number of hydrogen-bond donors (Lipinski definition) is 1. The molecular formula is C8H7Br2FO2. The molecule has 0 heterocycles. The lowest BCUT2D eigenvalue weighted by atomic mass is 10.3. The third-order valence-corrected chi connectivity index (χ3v) is 2.54.